The second-order valence-corrected chi connectivity index (χ2v) is 7.89. The van der Waals surface area contributed by atoms with Crippen molar-refractivity contribution in [1.82, 2.24) is 0 Å². The fraction of sp³-hybridized carbons (Fsp3) is 0.154. The third-order valence-corrected chi connectivity index (χ3v) is 4.97. The van der Waals surface area contributed by atoms with Crippen molar-refractivity contribution in [3.63, 3.8) is 0 Å². The van der Waals surface area contributed by atoms with E-state index in [9.17, 15) is 19.2 Å². The average molecular weight is 710 g/mol. The van der Waals surface area contributed by atoms with Gasteiger partial charge in [0.05, 0.1) is 22.3 Å². The van der Waals surface area contributed by atoms with Gasteiger partial charge in [0.25, 0.3) is 0 Å². The third-order valence-electron chi connectivity index (χ3n) is 4.97. The molecule has 0 aromatic heterocycles. The summed E-state index contributed by atoms with van der Waals surface area (Å²) in [6.07, 6.45) is 11.5. The fourth-order valence-corrected chi connectivity index (χ4v) is 3.19. The molecule has 0 aromatic rings. The first-order chi connectivity index (χ1) is 20.0. The topological polar surface area (TPSA) is 250 Å². The summed E-state index contributed by atoms with van der Waals surface area (Å²) >= 11 is 7.40. The average Bonchev–Trinajstić information content (AvgIpc) is 2.98. The molecular formula is C26H20N6O8RuS2. The van der Waals surface area contributed by atoms with Crippen LogP contribution in [0.4, 0.5) is 0 Å². The molecule has 43 heavy (non-hydrogen) atoms. The summed E-state index contributed by atoms with van der Waals surface area (Å²) in [5, 5.41) is 68.9. The number of carboxylic acid groups (broad SMARTS) is 4. The van der Waals surface area contributed by atoms with Crippen molar-refractivity contribution in [2.24, 2.45) is 0 Å². The normalized spacial score (nSPS) is 15.8. The number of rotatable bonds is 6. The standard InChI is InChI=1S/2C12H10N2O4.2CNS.Ru/c2*15-11(16)7-1-3-13-9(5-7)10-6-8(12(17)18)2-4-14-10;2*2-1-3;/h2*1-2,5-6H,3-4H2,(H,15,16)(H,17,18);;;/q2*-2;2*-1;+6. The molecule has 0 fully saturated rings. The van der Waals surface area contributed by atoms with Crippen LogP contribution < -0.4 is 0 Å². The van der Waals surface area contributed by atoms with Crippen LogP contribution in [0.3, 0.4) is 0 Å². The van der Waals surface area contributed by atoms with E-state index in [2.05, 4.69) is 45.7 Å². The van der Waals surface area contributed by atoms with Gasteiger partial charge in [-0.25, -0.2) is 19.2 Å². The van der Waals surface area contributed by atoms with Crippen LogP contribution >= 0.6 is 24.4 Å². The zero-order chi connectivity index (χ0) is 31.7. The van der Waals surface area contributed by atoms with E-state index < -0.39 is 23.9 Å². The first-order valence-electron chi connectivity index (χ1n) is 11.3. The van der Waals surface area contributed by atoms with Gasteiger partial charge in [0.1, 0.15) is 0 Å². The maximum absolute atomic E-state index is 10.8. The summed E-state index contributed by atoms with van der Waals surface area (Å²) in [5.74, 6) is -4.14. The van der Waals surface area contributed by atoms with Gasteiger partial charge in [-0.2, -0.15) is 33.1 Å². The third kappa shape index (κ3) is 13.2. The van der Waals surface area contributed by atoms with Crippen molar-refractivity contribution in [3.8, 4) is 0 Å². The van der Waals surface area contributed by atoms with Gasteiger partial charge >= 0.3 is 43.4 Å². The van der Waals surface area contributed by atoms with Crippen LogP contribution in [0.5, 0.6) is 0 Å². The minimum absolute atomic E-state index is 0. The van der Waals surface area contributed by atoms with E-state index in [1.165, 1.54) is 58.9 Å². The van der Waals surface area contributed by atoms with E-state index in [1.54, 1.807) is 0 Å². The molecule has 0 unspecified atom stereocenters. The van der Waals surface area contributed by atoms with Gasteiger partial charge in [-0.15, -0.1) is 26.2 Å². The molecule has 0 saturated carbocycles. The molecule has 4 aliphatic heterocycles. The van der Waals surface area contributed by atoms with E-state index in [0.29, 0.717) is 22.8 Å². The molecule has 4 heterocycles. The molecular weight excluding hydrogens is 690 g/mol. The van der Waals surface area contributed by atoms with Crippen molar-refractivity contribution in [3.05, 3.63) is 126 Å². The van der Waals surface area contributed by atoms with Crippen molar-refractivity contribution in [2.45, 2.75) is 0 Å². The summed E-state index contributed by atoms with van der Waals surface area (Å²) in [6, 6.07) is 0. The monoisotopic (exact) mass is 710 g/mol. The molecule has 0 atom stereocenters. The van der Waals surface area contributed by atoms with Gasteiger partial charge in [0.15, 0.2) is 0 Å². The number of thiocarbonyl (C=S) groups is 2. The zero-order valence-electron chi connectivity index (χ0n) is 21.7. The zero-order valence-corrected chi connectivity index (χ0v) is 25.1. The number of carboxylic acids is 4. The Morgan fingerprint density at radius 3 is 0.837 bits per heavy atom. The maximum atomic E-state index is 10.8. The predicted octanol–water partition coefficient (Wildman–Crippen LogP) is 4.42. The molecule has 0 aromatic carbocycles. The van der Waals surface area contributed by atoms with Crippen LogP contribution in [0.15, 0.2) is 93.7 Å². The quantitative estimate of drug-likeness (QED) is 0.172. The van der Waals surface area contributed by atoms with Crippen LogP contribution in [-0.2, 0) is 38.7 Å². The molecule has 0 saturated heterocycles. The molecule has 222 valence electrons. The minimum atomic E-state index is -1.03. The molecule has 0 aliphatic carbocycles. The van der Waals surface area contributed by atoms with Crippen molar-refractivity contribution in [2.75, 3.05) is 26.2 Å². The van der Waals surface area contributed by atoms with Crippen LogP contribution in [0.1, 0.15) is 0 Å². The molecule has 14 nitrogen and oxygen atoms in total. The molecule has 4 N–H and O–H groups in total. The van der Waals surface area contributed by atoms with Crippen molar-refractivity contribution < 1.29 is 59.1 Å². The summed E-state index contributed by atoms with van der Waals surface area (Å²) in [5.41, 5.74) is 2.18. The predicted molar refractivity (Wildman–Crippen MR) is 160 cm³/mol. The van der Waals surface area contributed by atoms with E-state index in [0.717, 1.165) is 0 Å². The van der Waals surface area contributed by atoms with Gasteiger partial charge in [0.2, 0.25) is 0 Å². The molecule has 0 spiro atoms. The Bertz CT molecular complexity index is 1240. The number of isothiocyanates is 2. The van der Waals surface area contributed by atoms with Crippen LogP contribution in [0.25, 0.3) is 32.1 Å². The van der Waals surface area contributed by atoms with Crippen LogP contribution in [0.2, 0.25) is 0 Å². The second kappa shape index (κ2) is 20.2. The summed E-state index contributed by atoms with van der Waals surface area (Å²) in [4.78, 5) is 43.4. The van der Waals surface area contributed by atoms with Crippen LogP contribution in [0, 0.1) is 0 Å². The first kappa shape index (κ1) is 38.2. The van der Waals surface area contributed by atoms with Gasteiger partial charge < -0.3 is 52.5 Å². The Balaban J connectivity index is 0.000000680. The summed E-state index contributed by atoms with van der Waals surface area (Å²) in [7, 11) is 0. The van der Waals surface area contributed by atoms with Crippen molar-refractivity contribution >= 4 is 58.6 Å². The Morgan fingerprint density at radius 2 is 0.698 bits per heavy atom. The minimum Gasteiger partial charge on any atom is -0.753 e. The van der Waals surface area contributed by atoms with Crippen LogP contribution in [-0.4, -0.2) is 80.8 Å². The molecule has 4 aliphatic rings. The van der Waals surface area contributed by atoms with Crippen molar-refractivity contribution in [1.29, 1.82) is 0 Å². The Kier molecular flexibility index (Phi) is 17.9. The smallest absolute Gasteiger partial charge is 0.753 e. The number of nitrogens with zero attached hydrogens (tertiary/aromatic N) is 6. The van der Waals surface area contributed by atoms with Gasteiger partial charge in [-0.3, -0.25) is 0 Å². The molecule has 17 heteroatoms. The molecule has 0 amide bonds. The van der Waals surface area contributed by atoms with E-state index in [4.69, 9.17) is 31.2 Å². The Hall–Kier alpha value is -4.78. The number of hydrogen-bond donors (Lipinski definition) is 4. The Morgan fingerprint density at radius 1 is 0.535 bits per heavy atom. The van der Waals surface area contributed by atoms with E-state index in [-0.39, 0.29) is 67.9 Å². The number of carbonyl (C=O) groups is 4. The van der Waals surface area contributed by atoms with E-state index >= 15 is 0 Å². The van der Waals surface area contributed by atoms with Gasteiger partial charge in [-0.1, -0.05) is 73.0 Å². The second-order valence-electron chi connectivity index (χ2n) is 7.52. The SMILES string of the molecule is O=C(O)C1=CC[N-]C(C2=CC(C(=O)O)=CC[N-]2)=C1.O=C(O)C1=CC[N-]C(C2=CC(C(=O)O)=CC[N-]2)=C1.[N-]=C=S.[N-]=C=S.[Ru+6]. The number of aliphatic carboxylic acids is 4. The molecule has 0 bridgehead atoms. The van der Waals surface area contributed by atoms with Gasteiger partial charge in [-0.05, 0) is 0 Å². The molecule has 0 radical (unpaired) electrons. The first-order valence-corrected chi connectivity index (χ1v) is 12.1. The largest absolute Gasteiger partial charge is 6.00 e. The number of hydrogen-bond acceptors (Lipinski definition) is 6. The summed E-state index contributed by atoms with van der Waals surface area (Å²) < 4.78 is 0. The fourth-order valence-electron chi connectivity index (χ4n) is 3.19. The maximum Gasteiger partial charge on any atom is 6.00 e. The summed E-state index contributed by atoms with van der Waals surface area (Å²) in [6.45, 7) is 1.03. The van der Waals surface area contributed by atoms with Gasteiger partial charge in [0, 0.05) is 0 Å². The Labute approximate surface area is 268 Å². The van der Waals surface area contributed by atoms with E-state index in [1.807, 2.05) is 0 Å². The molecule has 4 rings (SSSR count).